The summed E-state index contributed by atoms with van der Waals surface area (Å²) in [6.07, 6.45) is 1.88. The molecule has 1 aromatic rings. The molecule has 0 fully saturated rings. The van der Waals surface area contributed by atoms with Crippen LogP contribution < -0.4 is 0 Å². The third-order valence-corrected chi connectivity index (χ3v) is 8.29. The van der Waals surface area contributed by atoms with E-state index in [1.54, 1.807) is 0 Å². The first-order chi connectivity index (χ1) is 7.22. The minimum absolute atomic E-state index is 0.260. The molecule has 0 bridgehead atoms. The second-order valence-electron chi connectivity index (χ2n) is 5.52. The lowest BCUT2D eigenvalue weighted by molar-refractivity contribution is 0.272. The number of aromatic nitrogens is 1. The van der Waals surface area contributed by atoms with Gasteiger partial charge in [0.1, 0.15) is 0 Å². The van der Waals surface area contributed by atoms with Gasteiger partial charge in [-0.05, 0) is 52.9 Å². The van der Waals surface area contributed by atoms with Crippen molar-refractivity contribution in [2.24, 2.45) is 0 Å². The van der Waals surface area contributed by atoms with Crippen molar-refractivity contribution in [1.29, 1.82) is 0 Å². The summed E-state index contributed by atoms with van der Waals surface area (Å²) in [4.78, 5) is 4.35. The summed E-state index contributed by atoms with van der Waals surface area (Å²) >= 11 is 2.26. The Morgan fingerprint density at radius 3 is 2.38 bits per heavy atom. The number of rotatable bonds is 3. The average molecular weight is 349 g/mol. The van der Waals surface area contributed by atoms with Gasteiger partial charge in [-0.15, -0.1) is 0 Å². The van der Waals surface area contributed by atoms with Gasteiger partial charge in [-0.1, -0.05) is 20.8 Å². The van der Waals surface area contributed by atoms with Crippen LogP contribution in [0.15, 0.2) is 18.3 Å². The zero-order valence-corrected chi connectivity index (χ0v) is 13.8. The normalized spacial score (nSPS) is 12.9. The minimum atomic E-state index is -1.64. The summed E-state index contributed by atoms with van der Waals surface area (Å²) in [5.41, 5.74) is 1.02. The van der Waals surface area contributed by atoms with Gasteiger partial charge in [-0.3, -0.25) is 4.98 Å². The second-order valence-corrected chi connectivity index (χ2v) is 11.6. The van der Waals surface area contributed by atoms with E-state index in [0.29, 0.717) is 6.61 Å². The molecular weight excluding hydrogens is 329 g/mol. The zero-order valence-electron chi connectivity index (χ0n) is 10.7. The third kappa shape index (κ3) is 3.82. The predicted octanol–water partition coefficient (Wildman–Crippen LogP) is 4.21. The molecule has 0 N–H and O–H groups in total. The number of halogens is 1. The van der Waals surface area contributed by atoms with Crippen LogP contribution in [0.25, 0.3) is 0 Å². The van der Waals surface area contributed by atoms with Crippen molar-refractivity contribution >= 4 is 30.9 Å². The van der Waals surface area contributed by atoms with E-state index in [4.69, 9.17) is 4.43 Å². The fourth-order valence-electron chi connectivity index (χ4n) is 0.963. The summed E-state index contributed by atoms with van der Waals surface area (Å²) in [6.45, 7) is 11.9. The molecule has 2 nitrogen and oxygen atoms in total. The highest BCUT2D eigenvalue weighted by Gasteiger charge is 2.37. The quantitative estimate of drug-likeness (QED) is 0.603. The van der Waals surface area contributed by atoms with Gasteiger partial charge in [0.25, 0.3) is 0 Å². The molecule has 0 aliphatic rings. The van der Waals surface area contributed by atoms with Crippen LogP contribution in [-0.4, -0.2) is 13.3 Å². The molecule has 1 aromatic heterocycles. The molecule has 0 aromatic carbocycles. The van der Waals surface area contributed by atoms with Gasteiger partial charge in [0.05, 0.1) is 12.3 Å². The standard InChI is InChI=1S/C12H20INOSi/c1-12(2,3)16(4,5)15-9-11-7-6-10(13)8-14-11/h6-8H,9H2,1-5H3. The van der Waals surface area contributed by atoms with Crippen LogP contribution in [0, 0.1) is 3.57 Å². The lowest BCUT2D eigenvalue weighted by Gasteiger charge is -2.36. The molecule has 0 atom stereocenters. The van der Waals surface area contributed by atoms with E-state index in [1.807, 2.05) is 12.3 Å². The summed E-state index contributed by atoms with van der Waals surface area (Å²) in [5, 5.41) is 0.260. The maximum atomic E-state index is 6.09. The number of pyridine rings is 1. The number of nitrogens with zero attached hydrogens (tertiary/aromatic N) is 1. The van der Waals surface area contributed by atoms with Crippen LogP contribution in [-0.2, 0) is 11.0 Å². The predicted molar refractivity (Wildman–Crippen MR) is 78.9 cm³/mol. The largest absolute Gasteiger partial charge is 0.411 e. The fraction of sp³-hybridized carbons (Fsp3) is 0.583. The van der Waals surface area contributed by atoms with Crippen molar-refractivity contribution in [1.82, 2.24) is 4.98 Å². The van der Waals surface area contributed by atoms with E-state index in [2.05, 4.69) is 67.5 Å². The maximum Gasteiger partial charge on any atom is 0.192 e. The maximum absolute atomic E-state index is 6.09. The minimum Gasteiger partial charge on any atom is -0.411 e. The molecule has 0 saturated heterocycles. The molecule has 0 radical (unpaired) electrons. The molecule has 0 amide bonds. The van der Waals surface area contributed by atoms with Crippen molar-refractivity contribution in [2.75, 3.05) is 0 Å². The summed E-state index contributed by atoms with van der Waals surface area (Å²) in [7, 11) is -1.64. The van der Waals surface area contributed by atoms with E-state index in [-0.39, 0.29) is 5.04 Å². The highest BCUT2D eigenvalue weighted by Crippen LogP contribution is 2.36. The molecule has 0 aliphatic heterocycles. The number of hydrogen-bond donors (Lipinski definition) is 0. The fourth-order valence-corrected chi connectivity index (χ4v) is 2.22. The first kappa shape index (κ1) is 14.1. The molecule has 0 saturated carbocycles. The Balaban J connectivity index is 2.61. The highest BCUT2D eigenvalue weighted by atomic mass is 127. The Morgan fingerprint density at radius 1 is 1.31 bits per heavy atom. The van der Waals surface area contributed by atoms with Gasteiger partial charge < -0.3 is 4.43 Å². The monoisotopic (exact) mass is 349 g/mol. The molecule has 16 heavy (non-hydrogen) atoms. The van der Waals surface area contributed by atoms with Gasteiger partial charge in [0, 0.05) is 9.77 Å². The Labute approximate surface area is 113 Å². The van der Waals surface area contributed by atoms with Crippen molar-refractivity contribution < 1.29 is 4.43 Å². The Morgan fingerprint density at radius 2 is 1.94 bits per heavy atom. The van der Waals surface area contributed by atoms with Crippen LogP contribution >= 0.6 is 22.6 Å². The van der Waals surface area contributed by atoms with Crippen LogP contribution in [0.5, 0.6) is 0 Å². The zero-order chi connectivity index (χ0) is 12.4. The van der Waals surface area contributed by atoms with Crippen LogP contribution in [0.1, 0.15) is 26.5 Å². The first-order valence-electron chi connectivity index (χ1n) is 5.47. The van der Waals surface area contributed by atoms with Crippen molar-refractivity contribution in [3.05, 3.63) is 27.6 Å². The molecule has 0 unspecified atom stereocenters. The molecule has 4 heteroatoms. The second kappa shape index (κ2) is 5.14. The van der Waals surface area contributed by atoms with Gasteiger partial charge in [-0.2, -0.15) is 0 Å². The summed E-state index contributed by atoms with van der Waals surface area (Å²) in [6, 6.07) is 4.10. The van der Waals surface area contributed by atoms with E-state index >= 15 is 0 Å². The third-order valence-electron chi connectivity index (χ3n) is 3.18. The van der Waals surface area contributed by atoms with Crippen molar-refractivity contribution in [3.63, 3.8) is 0 Å². The number of hydrogen-bond acceptors (Lipinski definition) is 2. The van der Waals surface area contributed by atoms with Crippen LogP contribution in [0.3, 0.4) is 0 Å². The summed E-state index contributed by atoms with van der Waals surface area (Å²) < 4.78 is 7.25. The average Bonchev–Trinajstić information content (AvgIpc) is 2.15. The van der Waals surface area contributed by atoms with Gasteiger partial charge in [-0.25, -0.2) is 0 Å². The molecule has 0 aliphatic carbocycles. The lowest BCUT2D eigenvalue weighted by atomic mass is 10.2. The first-order valence-corrected chi connectivity index (χ1v) is 9.45. The highest BCUT2D eigenvalue weighted by molar-refractivity contribution is 14.1. The summed E-state index contributed by atoms with van der Waals surface area (Å²) in [5.74, 6) is 0. The molecule has 1 rings (SSSR count). The molecule has 1 heterocycles. The van der Waals surface area contributed by atoms with Crippen LogP contribution in [0.4, 0.5) is 0 Å². The molecule has 90 valence electrons. The SMILES string of the molecule is CC(C)(C)[Si](C)(C)OCc1ccc(I)cn1. The van der Waals surface area contributed by atoms with Crippen molar-refractivity contribution in [2.45, 2.75) is 45.5 Å². The van der Waals surface area contributed by atoms with Gasteiger partial charge >= 0.3 is 0 Å². The Kier molecular flexibility index (Phi) is 4.54. The van der Waals surface area contributed by atoms with E-state index in [9.17, 15) is 0 Å². The van der Waals surface area contributed by atoms with E-state index in [1.165, 1.54) is 0 Å². The smallest absolute Gasteiger partial charge is 0.192 e. The van der Waals surface area contributed by atoms with Crippen LogP contribution in [0.2, 0.25) is 18.1 Å². The van der Waals surface area contributed by atoms with Gasteiger partial charge in [0.2, 0.25) is 0 Å². The Hall–Kier alpha value is 0.0569. The molecule has 0 spiro atoms. The lowest BCUT2D eigenvalue weighted by Crippen LogP contribution is -2.40. The van der Waals surface area contributed by atoms with Gasteiger partial charge in [0.15, 0.2) is 8.32 Å². The molecular formula is C12H20INOSi. The Bertz CT molecular complexity index is 343. The van der Waals surface area contributed by atoms with E-state index < -0.39 is 8.32 Å². The van der Waals surface area contributed by atoms with E-state index in [0.717, 1.165) is 9.26 Å². The van der Waals surface area contributed by atoms with Crippen molar-refractivity contribution in [3.8, 4) is 0 Å². The topological polar surface area (TPSA) is 22.1 Å².